The van der Waals surface area contributed by atoms with E-state index < -0.39 is 17.3 Å². The standard InChI is InChI=1S/C28H24O8/c1-14(2)35-21-9-6-16(10-22(21)33-3)18-11-24(31)36-23-12-20(30)26-27(32)19(13-34-28(26)25(18)23)15-4-7-17(29)8-5-15/h4-10,12-14,18,29-30H,11H2,1-3H3/t18-/m0/s1. The van der Waals surface area contributed by atoms with Crippen molar-refractivity contribution in [2.75, 3.05) is 7.11 Å². The van der Waals surface area contributed by atoms with Crippen molar-refractivity contribution in [2.24, 2.45) is 0 Å². The highest BCUT2D eigenvalue weighted by atomic mass is 16.5. The number of methoxy groups -OCH3 is 1. The Kier molecular flexibility index (Phi) is 5.80. The van der Waals surface area contributed by atoms with Gasteiger partial charge in [0.2, 0.25) is 5.43 Å². The highest BCUT2D eigenvalue weighted by Crippen LogP contribution is 2.47. The van der Waals surface area contributed by atoms with Crippen molar-refractivity contribution < 1.29 is 33.6 Å². The zero-order chi connectivity index (χ0) is 25.6. The van der Waals surface area contributed by atoms with Gasteiger partial charge < -0.3 is 28.8 Å². The molecule has 0 fully saturated rings. The summed E-state index contributed by atoms with van der Waals surface area (Å²) in [6.45, 7) is 3.82. The molecule has 2 N–H and O–H groups in total. The van der Waals surface area contributed by atoms with Gasteiger partial charge in [-0.25, -0.2) is 0 Å². The Bertz CT molecular complexity index is 1530. The van der Waals surface area contributed by atoms with Gasteiger partial charge in [-0.2, -0.15) is 0 Å². The third kappa shape index (κ3) is 4.00. The number of aromatic hydroxyl groups is 2. The molecule has 4 aromatic rings. The first-order chi connectivity index (χ1) is 17.3. The minimum absolute atomic E-state index is 0.00381. The van der Waals surface area contributed by atoms with E-state index >= 15 is 0 Å². The first-order valence-corrected chi connectivity index (χ1v) is 11.4. The molecule has 0 aliphatic carbocycles. The van der Waals surface area contributed by atoms with Crippen molar-refractivity contribution in [3.63, 3.8) is 0 Å². The molecule has 2 heterocycles. The molecular weight excluding hydrogens is 464 g/mol. The average Bonchev–Trinajstić information content (AvgIpc) is 2.84. The predicted molar refractivity (Wildman–Crippen MR) is 132 cm³/mol. The second-order valence-corrected chi connectivity index (χ2v) is 8.84. The van der Waals surface area contributed by atoms with Crippen LogP contribution in [0.4, 0.5) is 0 Å². The molecule has 1 atom stereocenters. The third-order valence-electron chi connectivity index (χ3n) is 6.10. The molecule has 0 amide bonds. The minimum atomic E-state index is -0.519. The SMILES string of the molecule is COc1cc([C@@H]2CC(=O)Oc3cc(O)c4c(=O)c(-c5ccc(O)cc5)coc4c32)ccc1OC(C)C. The molecule has 8 heteroatoms. The molecule has 8 nitrogen and oxygen atoms in total. The van der Waals surface area contributed by atoms with Gasteiger partial charge in [0.05, 0.1) is 25.2 Å². The Balaban J connectivity index is 1.70. The molecule has 1 aromatic heterocycles. The Hall–Kier alpha value is -4.46. The lowest BCUT2D eigenvalue weighted by atomic mass is 9.84. The van der Waals surface area contributed by atoms with Crippen LogP contribution in [-0.4, -0.2) is 29.4 Å². The van der Waals surface area contributed by atoms with Crippen LogP contribution in [0.3, 0.4) is 0 Å². The van der Waals surface area contributed by atoms with Crippen molar-refractivity contribution >= 4 is 16.9 Å². The zero-order valence-corrected chi connectivity index (χ0v) is 19.9. The lowest BCUT2D eigenvalue weighted by Crippen LogP contribution is -2.22. The molecule has 1 aliphatic heterocycles. The van der Waals surface area contributed by atoms with Crippen molar-refractivity contribution in [1.29, 1.82) is 0 Å². The summed E-state index contributed by atoms with van der Waals surface area (Å²) >= 11 is 0. The maximum absolute atomic E-state index is 13.4. The molecule has 184 valence electrons. The average molecular weight is 488 g/mol. The predicted octanol–water partition coefficient (Wildman–Crippen LogP) is 5.11. The van der Waals surface area contributed by atoms with E-state index in [2.05, 4.69) is 0 Å². The molecule has 1 aliphatic rings. The van der Waals surface area contributed by atoms with Crippen LogP contribution in [0.15, 0.2) is 64.0 Å². The number of rotatable bonds is 5. The normalized spacial score (nSPS) is 15.0. The monoisotopic (exact) mass is 488 g/mol. The molecule has 0 saturated heterocycles. The number of carbonyl (C=O) groups is 1. The molecule has 0 radical (unpaired) electrons. The number of fused-ring (bicyclic) bond motifs is 3. The lowest BCUT2D eigenvalue weighted by Gasteiger charge is -2.26. The van der Waals surface area contributed by atoms with Crippen molar-refractivity contribution in [2.45, 2.75) is 32.3 Å². The molecule has 3 aromatic carbocycles. The maximum Gasteiger partial charge on any atom is 0.312 e. The van der Waals surface area contributed by atoms with Crippen LogP contribution in [-0.2, 0) is 4.79 Å². The van der Waals surface area contributed by atoms with E-state index in [1.54, 1.807) is 24.3 Å². The number of carbonyl (C=O) groups excluding carboxylic acids is 1. The summed E-state index contributed by atoms with van der Waals surface area (Å²) in [6, 6.07) is 12.7. The van der Waals surface area contributed by atoms with E-state index in [-0.39, 0.29) is 46.3 Å². The number of ether oxygens (including phenoxy) is 3. The van der Waals surface area contributed by atoms with E-state index in [0.29, 0.717) is 22.6 Å². The zero-order valence-electron chi connectivity index (χ0n) is 19.9. The first kappa shape index (κ1) is 23.3. The van der Waals surface area contributed by atoms with E-state index in [1.165, 1.54) is 31.6 Å². The fourth-order valence-corrected chi connectivity index (χ4v) is 4.51. The number of esters is 1. The van der Waals surface area contributed by atoms with Gasteiger partial charge in [0.1, 0.15) is 34.5 Å². The van der Waals surface area contributed by atoms with Crippen LogP contribution < -0.4 is 19.6 Å². The summed E-state index contributed by atoms with van der Waals surface area (Å²) in [5.74, 6) is -0.0972. The Morgan fingerprint density at radius 2 is 1.75 bits per heavy atom. The lowest BCUT2D eigenvalue weighted by molar-refractivity contribution is -0.135. The summed E-state index contributed by atoms with van der Waals surface area (Å²) < 4.78 is 22.7. The van der Waals surface area contributed by atoms with Gasteiger partial charge >= 0.3 is 5.97 Å². The number of benzene rings is 3. The largest absolute Gasteiger partial charge is 0.508 e. The number of phenolic OH excluding ortho intramolecular Hbond substituents is 2. The van der Waals surface area contributed by atoms with Crippen LogP contribution in [0.2, 0.25) is 0 Å². The summed E-state index contributed by atoms with van der Waals surface area (Å²) in [7, 11) is 1.53. The maximum atomic E-state index is 13.4. The summed E-state index contributed by atoms with van der Waals surface area (Å²) in [5, 5.41) is 20.3. The van der Waals surface area contributed by atoms with Crippen LogP contribution in [0.1, 0.15) is 37.3 Å². The number of phenols is 2. The molecule has 0 spiro atoms. The molecule has 0 saturated carbocycles. The fourth-order valence-electron chi connectivity index (χ4n) is 4.51. The van der Waals surface area contributed by atoms with Crippen LogP contribution in [0, 0.1) is 0 Å². The Labute approximate surface area is 206 Å². The highest BCUT2D eigenvalue weighted by Gasteiger charge is 2.34. The molecule has 5 rings (SSSR count). The van der Waals surface area contributed by atoms with Gasteiger partial charge in [-0.1, -0.05) is 18.2 Å². The van der Waals surface area contributed by atoms with Crippen molar-refractivity contribution in [3.8, 4) is 39.9 Å². The van der Waals surface area contributed by atoms with Gasteiger partial charge in [-0.3, -0.25) is 9.59 Å². The van der Waals surface area contributed by atoms with Crippen LogP contribution in [0.5, 0.6) is 28.7 Å². The van der Waals surface area contributed by atoms with Crippen LogP contribution in [0.25, 0.3) is 22.1 Å². The van der Waals surface area contributed by atoms with Gasteiger partial charge in [-0.05, 0) is 49.2 Å². The smallest absolute Gasteiger partial charge is 0.312 e. The third-order valence-corrected chi connectivity index (χ3v) is 6.10. The van der Waals surface area contributed by atoms with Gasteiger partial charge in [0.25, 0.3) is 0 Å². The number of hydrogen-bond acceptors (Lipinski definition) is 8. The topological polar surface area (TPSA) is 115 Å². The van der Waals surface area contributed by atoms with E-state index in [0.717, 1.165) is 5.56 Å². The minimum Gasteiger partial charge on any atom is -0.508 e. The second-order valence-electron chi connectivity index (χ2n) is 8.84. The van der Waals surface area contributed by atoms with Gasteiger partial charge in [-0.15, -0.1) is 0 Å². The van der Waals surface area contributed by atoms with Crippen molar-refractivity contribution in [3.05, 3.63) is 76.1 Å². The summed E-state index contributed by atoms with van der Waals surface area (Å²) in [6.07, 6.45) is 1.26. The van der Waals surface area contributed by atoms with E-state index in [4.69, 9.17) is 18.6 Å². The first-order valence-electron chi connectivity index (χ1n) is 11.4. The quantitative estimate of drug-likeness (QED) is 0.294. The summed E-state index contributed by atoms with van der Waals surface area (Å²) in [4.78, 5) is 25.9. The number of hydrogen-bond donors (Lipinski definition) is 2. The molecule has 0 unspecified atom stereocenters. The van der Waals surface area contributed by atoms with Crippen molar-refractivity contribution in [1.82, 2.24) is 0 Å². The Morgan fingerprint density at radius 3 is 2.44 bits per heavy atom. The van der Waals surface area contributed by atoms with Crippen LogP contribution >= 0.6 is 0 Å². The van der Waals surface area contributed by atoms with Gasteiger partial charge in [0, 0.05) is 17.5 Å². The second kappa shape index (κ2) is 8.96. The van der Waals surface area contributed by atoms with Gasteiger partial charge in [0.15, 0.2) is 11.5 Å². The van der Waals surface area contributed by atoms with E-state index in [1.807, 2.05) is 19.9 Å². The molecular formula is C28H24O8. The Morgan fingerprint density at radius 1 is 1.00 bits per heavy atom. The fraction of sp³-hybridized carbons (Fsp3) is 0.214. The summed E-state index contributed by atoms with van der Waals surface area (Å²) in [5.41, 5.74) is 1.65. The molecule has 0 bridgehead atoms. The highest BCUT2D eigenvalue weighted by molar-refractivity contribution is 5.94. The molecule has 36 heavy (non-hydrogen) atoms. The van der Waals surface area contributed by atoms with E-state index in [9.17, 15) is 19.8 Å².